The minimum absolute atomic E-state index is 0.0224. The maximum atomic E-state index is 13.7. The second-order valence-corrected chi connectivity index (χ2v) is 3.10. The number of benzene rings is 1. The first-order valence-corrected chi connectivity index (χ1v) is 4.70. The molecule has 0 saturated carbocycles. The Balaban J connectivity index is 3.05. The monoisotopic (exact) mass is 235 g/mol. The van der Waals surface area contributed by atoms with Crippen LogP contribution in [0.25, 0.3) is 0 Å². The molecule has 0 heterocycles. The van der Waals surface area contributed by atoms with E-state index in [4.69, 9.17) is 5.73 Å². The lowest BCUT2D eigenvalue weighted by molar-refractivity contribution is -0.117. The number of hydrogen-bond donors (Lipinski definition) is 1. The van der Waals surface area contributed by atoms with Crippen LogP contribution in [0.3, 0.4) is 0 Å². The van der Waals surface area contributed by atoms with E-state index in [0.29, 0.717) is 0 Å². The van der Waals surface area contributed by atoms with Crippen molar-refractivity contribution in [3.8, 4) is 11.8 Å². The van der Waals surface area contributed by atoms with Crippen molar-refractivity contribution in [2.45, 2.75) is 6.42 Å². The number of hydrogen-bond acceptors (Lipinski definition) is 3. The SMILES string of the molecule is COC(=O)c1cccc(C#CCC(N)=O)c1F. The van der Waals surface area contributed by atoms with Crippen LogP contribution in [0.4, 0.5) is 4.39 Å². The van der Waals surface area contributed by atoms with Gasteiger partial charge in [0.1, 0.15) is 0 Å². The Morgan fingerprint density at radius 2 is 2.18 bits per heavy atom. The van der Waals surface area contributed by atoms with Gasteiger partial charge < -0.3 is 10.5 Å². The largest absolute Gasteiger partial charge is 0.465 e. The van der Waals surface area contributed by atoms with E-state index in [-0.39, 0.29) is 17.5 Å². The molecule has 0 spiro atoms. The van der Waals surface area contributed by atoms with E-state index in [1.54, 1.807) is 0 Å². The molecule has 0 saturated heterocycles. The average molecular weight is 235 g/mol. The lowest BCUT2D eigenvalue weighted by Crippen LogP contribution is -2.08. The summed E-state index contributed by atoms with van der Waals surface area (Å²) in [4.78, 5) is 21.6. The summed E-state index contributed by atoms with van der Waals surface area (Å²) in [6, 6.07) is 4.17. The molecule has 0 atom stereocenters. The molecule has 1 aromatic carbocycles. The lowest BCUT2D eigenvalue weighted by atomic mass is 10.1. The molecule has 2 N–H and O–H groups in total. The van der Waals surface area contributed by atoms with Gasteiger partial charge >= 0.3 is 5.97 Å². The number of carbonyl (C=O) groups excluding carboxylic acids is 2. The first-order chi connectivity index (χ1) is 8.06. The minimum atomic E-state index is -0.777. The van der Waals surface area contributed by atoms with Gasteiger partial charge in [-0.05, 0) is 12.1 Å². The zero-order chi connectivity index (χ0) is 12.8. The number of rotatable bonds is 2. The van der Waals surface area contributed by atoms with Crippen LogP contribution in [-0.4, -0.2) is 19.0 Å². The summed E-state index contributed by atoms with van der Waals surface area (Å²) in [5.74, 6) is 2.70. The van der Waals surface area contributed by atoms with Crippen LogP contribution in [0.1, 0.15) is 22.3 Å². The lowest BCUT2D eigenvalue weighted by Gasteiger charge is -2.01. The van der Waals surface area contributed by atoms with Crippen molar-refractivity contribution in [1.29, 1.82) is 0 Å². The number of primary amides is 1. The van der Waals surface area contributed by atoms with E-state index in [1.807, 2.05) is 0 Å². The van der Waals surface area contributed by atoms with Crippen molar-refractivity contribution >= 4 is 11.9 Å². The van der Waals surface area contributed by atoms with Gasteiger partial charge in [-0.25, -0.2) is 9.18 Å². The molecule has 0 aliphatic heterocycles. The van der Waals surface area contributed by atoms with E-state index < -0.39 is 17.7 Å². The van der Waals surface area contributed by atoms with Gasteiger partial charge in [0.15, 0.2) is 5.82 Å². The van der Waals surface area contributed by atoms with Gasteiger partial charge in [-0.15, -0.1) is 0 Å². The van der Waals surface area contributed by atoms with E-state index in [9.17, 15) is 14.0 Å². The van der Waals surface area contributed by atoms with Crippen LogP contribution in [-0.2, 0) is 9.53 Å². The van der Waals surface area contributed by atoms with Gasteiger partial charge in [-0.1, -0.05) is 17.9 Å². The summed E-state index contributed by atoms with van der Waals surface area (Å²) in [6.07, 6.45) is -0.165. The van der Waals surface area contributed by atoms with Crippen LogP contribution in [0.15, 0.2) is 18.2 Å². The molecule has 0 aromatic heterocycles. The van der Waals surface area contributed by atoms with E-state index in [2.05, 4.69) is 16.6 Å². The minimum Gasteiger partial charge on any atom is -0.465 e. The van der Waals surface area contributed by atoms with Gasteiger partial charge in [-0.2, -0.15) is 0 Å². The predicted molar refractivity (Wildman–Crippen MR) is 58.4 cm³/mol. The second kappa shape index (κ2) is 5.66. The summed E-state index contributed by atoms with van der Waals surface area (Å²) >= 11 is 0. The highest BCUT2D eigenvalue weighted by Gasteiger charge is 2.13. The van der Waals surface area contributed by atoms with Gasteiger partial charge in [0.2, 0.25) is 5.91 Å². The van der Waals surface area contributed by atoms with Crippen LogP contribution < -0.4 is 5.73 Å². The Bertz CT molecular complexity index is 514. The Morgan fingerprint density at radius 1 is 1.47 bits per heavy atom. The summed E-state index contributed by atoms with van der Waals surface area (Å²) < 4.78 is 18.1. The smallest absolute Gasteiger partial charge is 0.340 e. The van der Waals surface area contributed by atoms with Crippen molar-refractivity contribution in [2.24, 2.45) is 5.73 Å². The molecule has 88 valence electrons. The molecule has 0 aliphatic rings. The fourth-order valence-electron chi connectivity index (χ4n) is 1.12. The quantitative estimate of drug-likeness (QED) is 0.610. The fraction of sp³-hybridized carbons (Fsp3) is 0.167. The molecular weight excluding hydrogens is 225 g/mol. The fourth-order valence-corrected chi connectivity index (χ4v) is 1.12. The summed E-state index contributed by atoms with van der Waals surface area (Å²) in [5.41, 5.74) is 4.71. The third kappa shape index (κ3) is 3.31. The Kier molecular flexibility index (Phi) is 4.23. The zero-order valence-corrected chi connectivity index (χ0v) is 9.12. The zero-order valence-electron chi connectivity index (χ0n) is 9.12. The van der Waals surface area contributed by atoms with Crippen LogP contribution in [0.5, 0.6) is 0 Å². The third-order valence-corrected chi connectivity index (χ3v) is 1.89. The van der Waals surface area contributed by atoms with E-state index in [1.165, 1.54) is 18.2 Å². The molecule has 1 aromatic rings. The summed E-state index contributed by atoms with van der Waals surface area (Å²) in [5, 5.41) is 0. The first-order valence-electron chi connectivity index (χ1n) is 4.70. The molecule has 4 nitrogen and oxygen atoms in total. The third-order valence-electron chi connectivity index (χ3n) is 1.89. The number of amides is 1. The molecule has 0 fully saturated rings. The van der Waals surface area contributed by atoms with Crippen LogP contribution >= 0.6 is 0 Å². The molecule has 1 rings (SSSR count). The number of nitrogens with two attached hydrogens (primary N) is 1. The maximum absolute atomic E-state index is 13.7. The summed E-state index contributed by atoms with van der Waals surface area (Å²) in [6.45, 7) is 0. The molecule has 0 bridgehead atoms. The predicted octanol–water partition coefficient (Wildman–Crippen LogP) is 0.839. The number of ether oxygens (including phenoxy) is 1. The normalized spacial score (nSPS) is 9.06. The maximum Gasteiger partial charge on any atom is 0.340 e. The highest BCUT2D eigenvalue weighted by atomic mass is 19.1. The molecule has 0 radical (unpaired) electrons. The number of carbonyl (C=O) groups is 2. The Labute approximate surface area is 97.6 Å². The van der Waals surface area contributed by atoms with E-state index >= 15 is 0 Å². The Hall–Kier alpha value is -2.35. The van der Waals surface area contributed by atoms with Gasteiger partial charge in [-0.3, -0.25) is 4.79 Å². The van der Waals surface area contributed by atoms with Crippen molar-refractivity contribution in [1.82, 2.24) is 0 Å². The average Bonchev–Trinajstić information content (AvgIpc) is 2.30. The number of halogens is 1. The molecular formula is C12H10FNO3. The van der Waals surface area contributed by atoms with Crippen LogP contribution in [0.2, 0.25) is 0 Å². The second-order valence-electron chi connectivity index (χ2n) is 3.10. The number of esters is 1. The molecule has 0 unspecified atom stereocenters. The van der Waals surface area contributed by atoms with Gasteiger partial charge in [0.25, 0.3) is 0 Å². The van der Waals surface area contributed by atoms with E-state index in [0.717, 1.165) is 7.11 Å². The highest BCUT2D eigenvalue weighted by Crippen LogP contribution is 2.12. The highest BCUT2D eigenvalue weighted by molar-refractivity contribution is 5.90. The Morgan fingerprint density at radius 3 is 2.76 bits per heavy atom. The topological polar surface area (TPSA) is 69.4 Å². The molecule has 1 amide bonds. The molecule has 5 heteroatoms. The molecule has 17 heavy (non-hydrogen) atoms. The number of methoxy groups -OCH3 is 1. The van der Waals surface area contributed by atoms with Gasteiger partial charge in [0, 0.05) is 0 Å². The van der Waals surface area contributed by atoms with Crippen molar-refractivity contribution in [3.05, 3.63) is 35.1 Å². The van der Waals surface area contributed by atoms with Gasteiger partial charge in [0.05, 0.1) is 24.7 Å². The van der Waals surface area contributed by atoms with Crippen LogP contribution in [0, 0.1) is 17.7 Å². The van der Waals surface area contributed by atoms with Crippen molar-refractivity contribution in [2.75, 3.05) is 7.11 Å². The van der Waals surface area contributed by atoms with Crippen molar-refractivity contribution in [3.63, 3.8) is 0 Å². The first kappa shape index (κ1) is 12.7. The van der Waals surface area contributed by atoms with Crippen molar-refractivity contribution < 1.29 is 18.7 Å². The standard InChI is InChI=1S/C12H10FNO3/c1-17-12(16)9-6-2-4-8(11(9)13)5-3-7-10(14)15/h2,4,6H,7H2,1H3,(H2,14,15). The molecule has 0 aliphatic carbocycles. The summed E-state index contributed by atoms with van der Waals surface area (Å²) in [7, 11) is 1.16.